The van der Waals surface area contributed by atoms with Crippen LogP contribution in [0.4, 0.5) is 18.9 Å². The van der Waals surface area contributed by atoms with Crippen molar-refractivity contribution in [2.75, 3.05) is 17.9 Å². The Kier molecular flexibility index (Phi) is 7.29. The van der Waals surface area contributed by atoms with Gasteiger partial charge in [0.1, 0.15) is 17.8 Å². The average Bonchev–Trinajstić information content (AvgIpc) is 3.38. The molecule has 5 rings (SSSR count). The molecule has 0 atom stereocenters. The number of anilines is 1. The smallest absolute Gasteiger partial charge is 0.497 e. The minimum Gasteiger partial charge on any atom is -0.497 e. The van der Waals surface area contributed by atoms with Crippen molar-refractivity contribution >= 4 is 28.8 Å². The molecule has 0 spiro atoms. The fourth-order valence-corrected chi connectivity index (χ4v) is 4.77. The van der Waals surface area contributed by atoms with E-state index in [2.05, 4.69) is 43.8 Å². The summed E-state index contributed by atoms with van der Waals surface area (Å²) in [5, 5.41) is 13.9. The number of nitrogens with zero attached hydrogens (tertiary/aromatic N) is 6. The van der Waals surface area contributed by atoms with Crippen LogP contribution in [0, 0.1) is 13.8 Å². The molecule has 200 valence electrons. The zero-order valence-corrected chi connectivity index (χ0v) is 22.0. The third-order valence-electron chi connectivity index (χ3n) is 5.87. The average molecular weight is 553 g/mol. The minimum absolute atomic E-state index is 0.302. The van der Waals surface area contributed by atoms with Crippen LogP contribution in [0.15, 0.2) is 77.2 Å². The summed E-state index contributed by atoms with van der Waals surface area (Å²) in [6, 6.07) is 16.9. The maximum absolute atomic E-state index is 12.4. The molecule has 1 aliphatic rings. The first-order chi connectivity index (χ1) is 18.7. The van der Waals surface area contributed by atoms with Crippen molar-refractivity contribution in [3.63, 3.8) is 0 Å². The first kappa shape index (κ1) is 26.3. The third-order valence-corrected chi connectivity index (χ3v) is 6.82. The van der Waals surface area contributed by atoms with E-state index in [4.69, 9.17) is 4.74 Å². The van der Waals surface area contributed by atoms with Crippen LogP contribution in [-0.4, -0.2) is 45.5 Å². The quantitative estimate of drug-likeness (QED) is 0.196. The largest absolute Gasteiger partial charge is 0.573 e. The van der Waals surface area contributed by atoms with Gasteiger partial charge in [-0.3, -0.25) is 0 Å². The van der Waals surface area contributed by atoms with Gasteiger partial charge in [-0.05, 0) is 66.9 Å². The molecule has 1 fully saturated rings. The molecule has 12 heteroatoms. The van der Waals surface area contributed by atoms with Crippen LogP contribution in [0.1, 0.15) is 16.7 Å². The number of rotatable bonds is 7. The van der Waals surface area contributed by atoms with Crippen molar-refractivity contribution in [2.45, 2.75) is 20.2 Å². The van der Waals surface area contributed by atoms with Gasteiger partial charge in [0.05, 0.1) is 24.9 Å². The number of alkyl halides is 3. The minimum atomic E-state index is -4.74. The Morgan fingerprint density at radius 3 is 2.26 bits per heavy atom. The van der Waals surface area contributed by atoms with Crippen molar-refractivity contribution in [1.29, 1.82) is 0 Å². The summed E-state index contributed by atoms with van der Waals surface area (Å²) in [4.78, 5) is 6.44. The van der Waals surface area contributed by atoms with E-state index >= 15 is 0 Å². The van der Waals surface area contributed by atoms with E-state index in [-0.39, 0.29) is 5.75 Å². The standard InChI is InChI=1S/C27H23F3N6O2S/c1-17-12-23(37-3)13-18(2)24(17)35-16-39-26(35)33-32-14-19-4-6-20(7-5-19)25-31-15-36(34-25)21-8-10-22(11-9-21)38-27(28,29)30/h4-15H,16H2,1-3H3/b32-14+,33-26-. The number of amidine groups is 1. The van der Waals surface area contributed by atoms with Crippen LogP contribution >= 0.6 is 11.8 Å². The van der Waals surface area contributed by atoms with E-state index in [0.29, 0.717) is 11.5 Å². The summed E-state index contributed by atoms with van der Waals surface area (Å²) < 4.78 is 47.8. The van der Waals surface area contributed by atoms with Crippen molar-refractivity contribution in [3.8, 4) is 28.6 Å². The Bertz CT molecular complexity index is 1510. The Labute approximate surface area is 226 Å². The van der Waals surface area contributed by atoms with E-state index in [0.717, 1.165) is 44.7 Å². The first-order valence-corrected chi connectivity index (χ1v) is 12.7. The highest BCUT2D eigenvalue weighted by molar-refractivity contribution is 8.16. The van der Waals surface area contributed by atoms with Crippen LogP contribution in [0.2, 0.25) is 0 Å². The zero-order chi connectivity index (χ0) is 27.6. The molecule has 1 aliphatic heterocycles. The van der Waals surface area contributed by atoms with E-state index < -0.39 is 6.36 Å². The molecule has 0 radical (unpaired) electrons. The zero-order valence-electron chi connectivity index (χ0n) is 21.2. The van der Waals surface area contributed by atoms with Gasteiger partial charge in [0.2, 0.25) is 0 Å². The van der Waals surface area contributed by atoms with Crippen molar-refractivity contribution in [3.05, 3.63) is 83.7 Å². The molecule has 1 saturated heterocycles. The molecule has 0 aliphatic carbocycles. The van der Waals surface area contributed by atoms with Gasteiger partial charge >= 0.3 is 6.36 Å². The molecule has 0 amide bonds. The number of aromatic nitrogens is 3. The number of aryl methyl sites for hydroxylation is 2. The van der Waals surface area contributed by atoms with Gasteiger partial charge in [-0.25, -0.2) is 9.67 Å². The van der Waals surface area contributed by atoms with Crippen LogP contribution in [0.3, 0.4) is 0 Å². The lowest BCUT2D eigenvalue weighted by atomic mass is 10.1. The van der Waals surface area contributed by atoms with Crippen LogP contribution in [0.5, 0.6) is 11.5 Å². The van der Waals surface area contributed by atoms with Crippen molar-refractivity contribution in [1.82, 2.24) is 14.8 Å². The summed E-state index contributed by atoms with van der Waals surface area (Å²) in [7, 11) is 1.66. The number of hydrogen-bond acceptors (Lipinski definition) is 7. The van der Waals surface area contributed by atoms with E-state index in [1.165, 1.54) is 35.3 Å². The highest BCUT2D eigenvalue weighted by Gasteiger charge is 2.31. The molecule has 4 aromatic rings. The van der Waals surface area contributed by atoms with Gasteiger partial charge < -0.3 is 14.4 Å². The Hall–Kier alpha value is -4.32. The second-order valence-electron chi connectivity index (χ2n) is 8.61. The number of hydrogen-bond donors (Lipinski definition) is 0. The normalized spacial score (nSPS) is 14.6. The number of methoxy groups -OCH3 is 1. The highest BCUT2D eigenvalue weighted by atomic mass is 32.2. The number of benzene rings is 3. The molecule has 39 heavy (non-hydrogen) atoms. The second kappa shape index (κ2) is 10.8. The van der Waals surface area contributed by atoms with E-state index in [9.17, 15) is 13.2 Å². The highest BCUT2D eigenvalue weighted by Crippen LogP contribution is 2.37. The Balaban J connectivity index is 1.24. The second-order valence-corrected chi connectivity index (χ2v) is 9.53. The Morgan fingerprint density at radius 1 is 0.974 bits per heavy atom. The predicted octanol–water partition coefficient (Wildman–Crippen LogP) is 6.36. The molecule has 0 saturated carbocycles. The molecular weight excluding hydrogens is 529 g/mol. The lowest BCUT2D eigenvalue weighted by Gasteiger charge is -2.35. The summed E-state index contributed by atoms with van der Waals surface area (Å²) in [6.45, 7) is 4.11. The van der Waals surface area contributed by atoms with Gasteiger partial charge in [0.25, 0.3) is 0 Å². The van der Waals surface area contributed by atoms with Crippen LogP contribution in [0.25, 0.3) is 17.1 Å². The summed E-state index contributed by atoms with van der Waals surface area (Å²) in [5.41, 5.74) is 5.53. The molecule has 1 aromatic heterocycles. The predicted molar refractivity (Wildman–Crippen MR) is 146 cm³/mol. The molecule has 8 nitrogen and oxygen atoms in total. The molecule has 0 bridgehead atoms. The molecule has 0 unspecified atom stereocenters. The SMILES string of the molecule is COc1cc(C)c(N2CS/C2=N\N=C\c2ccc(-c3ncn(-c4ccc(OC(F)(F)F)cc4)n3)cc2)c(C)c1. The van der Waals surface area contributed by atoms with Gasteiger partial charge in [-0.2, -0.15) is 5.10 Å². The summed E-state index contributed by atoms with van der Waals surface area (Å²) >= 11 is 1.63. The maximum Gasteiger partial charge on any atom is 0.573 e. The number of ether oxygens (including phenoxy) is 2. The fourth-order valence-electron chi connectivity index (χ4n) is 4.07. The fraction of sp³-hybridized carbons (Fsp3) is 0.185. The topological polar surface area (TPSA) is 77.1 Å². The van der Waals surface area contributed by atoms with Crippen LogP contribution in [-0.2, 0) is 0 Å². The van der Waals surface area contributed by atoms with E-state index in [1.807, 2.05) is 36.4 Å². The number of thioether (sulfide) groups is 1. The van der Waals surface area contributed by atoms with Gasteiger partial charge in [0, 0.05) is 11.3 Å². The molecule has 0 N–H and O–H groups in total. The van der Waals surface area contributed by atoms with Gasteiger partial charge in [-0.1, -0.05) is 36.0 Å². The lowest BCUT2D eigenvalue weighted by molar-refractivity contribution is -0.274. The summed E-state index contributed by atoms with van der Waals surface area (Å²) in [5.74, 6) is 1.81. The number of halogens is 3. The molecular formula is C27H23F3N6O2S. The monoisotopic (exact) mass is 552 g/mol. The Morgan fingerprint density at radius 2 is 1.67 bits per heavy atom. The van der Waals surface area contributed by atoms with Crippen LogP contribution < -0.4 is 14.4 Å². The van der Waals surface area contributed by atoms with Crippen molar-refractivity contribution in [2.24, 2.45) is 10.2 Å². The summed E-state index contributed by atoms with van der Waals surface area (Å²) in [6.07, 6.45) is -1.56. The molecule has 3 aromatic carbocycles. The molecule has 2 heterocycles. The van der Waals surface area contributed by atoms with Gasteiger partial charge in [0.15, 0.2) is 11.0 Å². The lowest BCUT2D eigenvalue weighted by Crippen LogP contribution is -2.39. The van der Waals surface area contributed by atoms with E-state index in [1.54, 1.807) is 25.1 Å². The van der Waals surface area contributed by atoms with Crippen molar-refractivity contribution < 1.29 is 22.6 Å². The first-order valence-electron chi connectivity index (χ1n) is 11.7. The third kappa shape index (κ3) is 6.06. The van der Waals surface area contributed by atoms with Gasteiger partial charge in [-0.15, -0.1) is 23.4 Å². The maximum atomic E-state index is 12.4.